The molecule has 0 radical (unpaired) electrons. The zero-order valence-electron chi connectivity index (χ0n) is 16.9. The Morgan fingerprint density at radius 1 is 1.18 bits per heavy atom. The molecule has 12 heteroatoms. The Morgan fingerprint density at radius 2 is 1.88 bits per heavy atom. The molecule has 3 N–H and O–H groups in total. The second-order valence-electron chi connectivity index (χ2n) is 6.87. The second kappa shape index (κ2) is 9.18. The van der Waals surface area contributed by atoms with Crippen LogP contribution < -0.4 is 15.6 Å². The number of hydrogen-bond donors (Lipinski definition) is 3. The molecule has 0 aliphatic rings. The number of nitrogens with zero attached hydrogens (tertiary/aromatic N) is 1. The molecule has 0 spiro atoms. The molecule has 174 valence electrons. The van der Waals surface area contributed by atoms with Crippen LogP contribution in [0.15, 0.2) is 53.3 Å². The number of aromatic nitrogens is 2. The first-order chi connectivity index (χ1) is 15.5. The van der Waals surface area contributed by atoms with E-state index in [4.69, 9.17) is 4.74 Å². The van der Waals surface area contributed by atoms with E-state index in [1.54, 1.807) is 0 Å². The number of benzene rings is 2. The number of halogens is 4. The summed E-state index contributed by atoms with van der Waals surface area (Å²) in [6, 6.07) is 7.32. The minimum atomic E-state index is -4.87. The van der Waals surface area contributed by atoms with E-state index in [0.29, 0.717) is 6.07 Å². The van der Waals surface area contributed by atoms with Crippen LogP contribution in [-0.4, -0.2) is 33.9 Å². The minimum absolute atomic E-state index is 0.113. The Morgan fingerprint density at radius 3 is 2.48 bits per heavy atom. The van der Waals surface area contributed by atoms with E-state index in [2.05, 4.69) is 10.4 Å². The Labute approximate surface area is 183 Å². The molecule has 3 aromatic rings. The first-order valence-electron chi connectivity index (χ1n) is 9.36. The molecule has 2 aromatic carbocycles. The van der Waals surface area contributed by atoms with Crippen LogP contribution >= 0.6 is 0 Å². The molecule has 33 heavy (non-hydrogen) atoms. The predicted octanol–water partition coefficient (Wildman–Crippen LogP) is 3.28. The van der Waals surface area contributed by atoms with Crippen LogP contribution in [0.4, 0.5) is 17.6 Å². The monoisotopic (exact) mass is 467 g/mol. The average Bonchev–Trinajstić information content (AvgIpc) is 3.13. The van der Waals surface area contributed by atoms with Gasteiger partial charge in [0.05, 0.1) is 25.1 Å². The van der Waals surface area contributed by atoms with Crippen LogP contribution in [0.5, 0.6) is 5.75 Å². The molecule has 0 saturated carbocycles. The molecule has 0 aliphatic carbocycles. The van der Waals surface area contributed by atoms with Gasteiger partial charge >= 0.3 is 12.1 Å². The number of ether oxygens (including phenoxy) is 1. The van der Waals surface area contributed by atoms with Gasteiger partial charge in [-0.15, -0.1) is 0 Å². The summed E-state index contributed by atoms with van der Waals surface area (Å²) in [5, 5.41) is 13.8. The van der Waals surface area contributed by atoms with Gasteiger partial charge in [-0.1, -0.05) is 18.2 Å². The SMILES string of the molecule is COc1ccc(C(CC(=O)O)NC(=O)c2cc(=O)n(-c3ccccc3F)[nH]2)c(C(F)(F)F)c1. The number of aliphatic carboxylic acids is 1. The van der Waals surface area contributed by atoms with Crippen LogP contribution in [-0.2, 0) is 11.0 Å². The second-order valence-corrected chi connectivity index (χ2v) is 6.87. The van der Waals surface area contributed by atoms with E-state index in [9.17, 15) is 37.1 Å². The van der Waals surface area contributed by atoms with Crippen molar-refractivity contribution in [3.8, 4) is 11.4 Å². The summed E-state index contributed by atoms with van der Waals surface area (Å²) >= 11 is 0. The number of alkyl halides is 3. The molecule has 8 nitrogen and oxygen atoms in total. The number of nitrogens with one attached hydrogen (secondary N) is 2. The number of para-hydroxylation sites is 1. The summed E-state index contributed by atoms with van der Waals surface area (Å²) in [4.78, 5) is 36.2. The number of carbonyl (C=O) groups excluding carboxylic acids is 1. The van der Waals surface area contributed by atoms with Crippen LogP contribution in [0.2, 0.25) is 0 Å². The number of carbonyl (C=O) groups is 2. The van der Waals surface area contributed by atoms with Crippen LogP contribution in [0, 0.1) is 5.82 Å². The van der Waals surface area contributed by atoms with Crippen molar-refractivity contribution in [2.24, 2.45) is 0 Å². The van der Waals surface area contributed by atoms with E-state index in [-0.39, 0.29) is 11.4 Å². The Bertz CT molecular complexity index is 1250. The van der Waals surface area contributed by atoms with Gasteiger partial charge in [-0.05, 0) is 29.8 Å². The predicted molar refractivity (Wildman–Crippen MR) is 107 cm³/mol. The molecule has 1 atom stereocenters. The third-order valence-electron chi connectivity index (χ3n) is 4.68. The molecule has 1 heterocycles. The highest BCUT2D eigenvalue weighted by molar-refractivity contribution is 5.92. The van der Waals surface area contributed by atoms with Crippen molar-refractivity contribution in [2.75, 3.05) is 7.11 Å². The Balaban J connectivity index is 1.98. The topological polar surface area (TPSA) is 113 Å². The molecule has 0 aliphatic heterocycles. The number of hydrogen-bond acceptors (Lipinski definition) is 4. The van der Waals surface area contributed by atoms with Gasteiger partial charge in [0, 0.05) is 6.07 Å². The highest BCUT2D eigenvalue weighted by Gasteiger charge is 2.37. The molecule has 1 amide bonds. The van der Waals surface area contributed by atoms with Crippen molar-refractivity contribution in [2.45, 2.75) is 18.6 Å². The fraction of sp³-hybridized carbons (Fsp3) is 0.190. The smallest absolute Gasteiger partial charge is 0.416 e. The number of methoxy groups -OCH3 is 1. The number of carboxylic acids is 1. The summed E-state index contributed by atoms with van der Waals surface area (Å²) in [5.41, 5.74) is -3.08. The van der Waals surface area contributed by atoms with Gasteiger partial charge in [-0.3, -0.25) is 19.5 Å². The summed E-state index contributed by atoms with van der Waals surface area (Å²) in [6.45, 7) is 0. The molecular weight excluding hydrogens is 450 g/mol. The average molecular weight is 467 g/mol. The van der Waals surface area contributed by atoms with Gasteiger partial charge < -0.3 is 15.2 Å². The number of carboxylic acid groups (broad SMARTS) is 1. The summed E-state index contributed by atoms with van der Waals surface area (Å²) < 4.78 is 60.4. The van der Waals surface area contributed by atoms with Gasteiger partial charge in [-0.2, -0.15) is 13.2 Å². The molecule has 0 fully saturated rings. The normalized spacial score (nSPS) is 12.3. The van der Waals surface area contributed by atoms with Crippen LogP contribution in [0.3, 0.4) is 0 Å². The van der Waals surface area contributed by atoms with E-state index in [1.807, 2.05) is 0 Å². The van der Waals surface area contributed by atoms with Gasteiger partial charge in [0.15, 0.2) is 0 Å². The fourth-order valence-electron chi connectivity index (χ4n) is 3.19. The van der Waals surface area contributed by atoms with E-state index < -0.39 is 58.7 Å². The van der Waals surface area contributed by atoms with Crippen molar-refractivity contribution in [1.29, 1.82) is 0 Å². The Hall–Kier alpha value is -4.09. The zero-order valence-corrected chi connectivity index (χ0v) is 16.9. The van der Waals surface area contributed by atoms with E-state index >= 15 is 0 Å². The maximum atomic E-state index is 14.0. The van der Waals surface area contributed by atoms with Crippen LogP contribution in [0.25, 0.3) is 5.69 Å². The van der Waals surface area contributed by atoms with E-state index in [0.717, 1.165) is 22.9 Å². The number of H-pyrrole nitrogens is 1. The number of aromatic amines is 1. The maximum Gasteiger partial charge on any atom is 0.416 e. The lowest BCUT2D eigenvalue weighted by Crippen LogP contribution is -2.32. The maximum absolute atomic E-state index is 14.0. The van der Waals surface area contributed by atoms with Crippen molar-refractivity contribution in [3.05, 3.63) is 81.5 Å². The van der Waals surface area contributed by atoms with Crippen LogP contribution in [0.1, 0.15) is 34.1 Å². The third kappa shape index (κ3) is 5.22. The van der Waals surface area contributed by atoms with E-state index in [1.165, 1.54) is 31.4 Å². The number of rotatable bonds is 7. The molecule has 1 unspecified atom stereocenters. The molecule has 0 bridgehead atoms. The zero-order chi connectivity index (χ0) is 24.3. The van der Waals surface area contributed by atoms with Gasteiger partial charge in [-0.25, -0.2) is 9.07 Å². The fourth-order valence-corrected chi connectivity index (χ4v) is 3.19. The highest BCUT2D eigenvalue weighted by Crippen LogP contribution is 2.37. The molecule has 0 saturated heterocycles. The lowest BCUT2D eigenvalue weighted by atomic mass is 9.96. The lowest BCUT2D eigenvalue weighted by molar-refractivity contribution is -0.140. The summed E-state index contributed by atoms with van der Waals surface area (Å²) in [6.07, 6.45) is -5.74. The van der Waals surface area contributed by atoms with Gasteiger partial charge in [0.2, 0.25) is 0 Å². The molecular formula is C21H17F4N3O5. The first-order valence-corrected chi connectivity index (χ1v) is 9.36. The number of amides is 1. The standard InChI is InChI=1S/C21H17F4N3O5/c1-33-11-6-7-12(13(8-11)21(23,24)25)15(10-19(30)31)26-20(32)16-9-18(29)28(27-16)17-5-3-2-4-14(17)22/h2-9,15,27H,10H2,1H3,(H,26,32)(H,30,31). The van der Waals surface area contributed by atoms with Gasteiger partial charge in [0.1, 0.15) is 22.9 Å². The van der Waals surface area contributed by atoms with Crippen molar-refractivity contribution >= 4 is 11.9 Å². The highest BCUT2D eigenvalue weighted by atomic mass is 19.4. The summed E-state index contributed by atoms with van der Waals surface area (Å²) in [7, 11) is 1.17. The van der Waals surface area contributed by atoms with Crippen molar-refractivity contribution < 1.29 is 37.0 Å². The minimum Gasteiger partial charge on any atom is -0.497 e. The molecule has 1 aromatic heterocycles. The van der Waals surface area contributed by atoms with Gasteiger partial charge in [0.25, 0.3) is 11.5 Å². The quantitative estimate of drug-likeness (QED) is 0.462. The van der Waals surface area contributed by atoms with Crippen molar-refractivity contribution in [3.63, 3.8) is 0 Å². The van der Waals surface area contributed by atoms with Crippen molar-refractivity contribution in [1.82, 2.24) is 15.1 Å². The first kappa shape index (κ1) is 23.6. The summed E-state index contributed by atoms with van der Waals surface area (Å²) in [5.74, 6) is -3.40. The Kier molecular flexibility index (Phi) is 6.56. The largest absolute Gasteiger partial charge is 0.497 e. The third-order valence-corrected chi connectivity index (χ3v) is 4.68. The lowest BCUT2D eigenvalue weighted by Gasteiger charge is -2.22. The molecule has 3 rings (SSSR count).